The molecule has 1 aliphatic heterocycles. The number of hydrogen-bond acceptors (Lipinski definition) is 4. The number of benzene rings is 1. The van der Waals surface area contributed by atoms with Gasteiger partial charge < -0.3 is 5.73 Å². The van der Waals surface area contributed by atoms with Gasteiger partial charge in [-0.2, -0.15) is 0 Å². The number of aromatic nitrogens is 3. The van der Waals surface area contributed by atoms with Crippen LogP contribution in [0.5, 0.6) is 0 Å². The fourth-order valence-electron chi connectivity index (χ4n) is 1.73. The Labute approximate surface area is 89.7 Å². The van der Waals surface area contributed by atoms with Gasteiger partial charge in [0.15, 0.2) is 0 Å². The SMILES string of the molecule is Nc1cccc2c1=C(n1cnnc1)C(=O)N=2. The number of carbonyl (C=O) groups is 1. The number of fused-ring (bicyclic) bond motifs is 1. The molecule has 3 rings (SSSR count). The van der Waals surface area contributed by atoms with Crippen LogP contribution < -0.4 is 16.3 Å². The van der Waals surface area contributed by atoms with Crippen LogP contribution in [0.25, 0.3) is 5.70 Å². The van der Waals surface area contributed by atoms with Gasteiger partial charge in [0.05, 0.1) is 10.6 Å². The zero-order chi connectivity index (χ0) is 11.1. The Morgan fingerprint density at radius 3 is 2.69 bits per heavy atom. The van der Waals surface area contributed by atoms with Crippen LogP contribution in [0.4, 0.5) is 5.69 Å². The molecule has 2 aromatic rings. The number of nitrogens with two attached hydrogens (primary N) is 1. The molecule has 16 heavy (non-hydrogen) atoms. The molecular formula is C10H7N5O. The monoisotopic (exact) mass is 213 g/mol. The molecule has 6 nitrogen and oxygen atoms in total. The minimum absolute atomic E-state index is 0.326. The highest BCUT2D eigenvalue weighted by molar-refractivity contribution is 6.15. The van der Waals surface area contributed by atoms with E-state index in [0.717, 1.165) is 0 Å². The van der Waals surface area contributed by atoms with E-state index in [2.05, 4.69) is 15.2 Å². The highest BCUT2D eigenvalue weighted by atomic mass is 16.1. The zero-order valence-electron chi connectivity index (χ0n) is 8.16. The standard InChI is InChI=1S/C10H7N5O/c11-6-2-1-3-7-8(6)9(10(16)14-7)15-4-12-13-5-15/h1-5H,11H2. The molecule has 0 atom stereocenters. The second-order valence-corrected chi connectivity index (χ2v) is 3.38. The van der Waals surface area contributed by atoms with E-state index in [1.54, 1.807) is 18.2 Å². The molecule has 0 saturated carbocycles. The summed E-state index contributed by atoms with van der Waals surface area (Å²) in [6, 6.07) is 5.25. The summed E-state index contributed by atoms with van der Waals surface area (Å²) in [4.78, 5) is 15.7. The van der Waals surface area contributed by atoms with Crippen molar-refractivity contribution in [2.75, 3.05) is 5.73 Å². The Hall–Kier alpha value is -2.50. The van der Waals surface area contributed by atoms with Crippen LogP contribution in [-0.4, -0.2) is 20.7 Å². The summed E-state index contributed by atoms with van der Waals surface area (Å²) in [5.41, 5.74) is 6.77. The first kappa shape index (κ1) is 8.78. The largest absolute Gasteiger partial charge is 0.398 e. The second kappa shape index (κ2) is 2.99. The Bertz CT molecular complexity index is 686. The number of hydrogen-bond donors (Lipinski definition) is 1. The molecule has 0 saturated heterocycles. The van der Waals surface area contributed by atoms with Gasteiger partial charge in [-0.25, -0.2) is 4.99 Å². The normalized spacial score (nSPS) is 13.8. The maximum Gasteiger partial charge on any atom is 0.295 e. The van der Waals surface area contributed by atoms with E-state index in [-0.39, 0.29) is 5.91 Å². The van der Waals surface area contributed by atoms with Crippen molar-refractivity contribution in [3.63, 3.8) is 0 Å². The molecule has 1 aliphatic rings. The summed E-state index contributed by atoms with van der Waals surface area (Å²) < 4.78 is 1.52. The fraction of sp³-hybridized carbons (Fsp3) is 0. The average Bonchev–Trinajstić information content (AvgIpc) is 2.84. The van der Waals surface area contributed by atoms with Crippen LogP contribution in [0, 0.1) is 0 Å². The first-order valence-corrected chi connectivity index (χ1v) is 4.64. The Morgan fingerprint density at radius 2 is 1.94 bits per heavy atom. The predicted molar refractivity (Wildman–Crippen MR) is 55.5 cm³/mol. The van der Waals surface area contributed by atoms with Gasteiger partial charge in [0.2, 0.25) is 0 Å². The van der Waals surface area contributed by atoms with Gasteiger partial charge >= 0.3 is 0 Å². The number of anilines is 1. The van der Waals surface area contributed by atoms with E-state index >= 15 is 0 Å². The van der Waals surface area contributed by atoms with Gasteiger partial charge in [0.1, 0.15) is 18.4 Å². The first-order chi connectivity index (χ1) is 7.77. The minimum Gasteiger partial charge on any atom is -0.398 e. The van der Waals surface area contributed by atoms with Gasteiger partial charge in [0, 0.05) is 5.69 Å². The van der Waals surface area contributed by atoms with Gasteiger partial charge in [-0.15, -0.1) is 10.2 Å². The van der Waals surface area contributed by atoms with E-state index in [1.165, 1.54) is 17.2 Å². The number of rotatable bonds is 1. The van der Waals surface area contributed by atoms with Crippen molar-refractivity contribution in [1.82, 2.24) is 14.8 Å². The molecule has 78 valence electrons. The van der Waals surface area contributed by atoms with Gasteiger partial charge in [0.25, 0.3) is 5.91 Å². The van der Waals surface area contributed by atoms with Crippen LogP contribution in [0.2, 0.25) is 0 Å². The second-order valence-electron chi connectivity index (χ2n) is 3.38. The van der Waals surface area contributed by atoms with Crippen LogP contribution in [0.1, 0.15) is 0 Å². The van der Waals surface area contributed by atoms with Gasteiger partial charge in [-0.05, 0) is 12.1 Å². The molecule has 0 fully saturated rings. The number of nitrogen functional groups attached to an aromatic ring is 1. The number of nitrogens with zero attached hydrogens (tertiary/aromatic N) is 4. The summed E-state index contributed by atoms with van der Waals surface area (Å²) in [5.74, 6) is -0.326. The van der Waals surface area contributed by atoms with Crippen molar-refractivity contribution in [2.45, 2.75) is 0 Å². The van der Waals surface area contributed by atoms with Gasteiger partial charge in [-0.1, -0.05) is 6.07 Å². The quantitative estimate of drug-likeness (QED) is 0.595. The molecule has 2 N–H and O–H groups in total. The fourth-order valence-corrected chi connectivity index (χ4v) is 1.73. The van der Waals surface area contributed by atoms with Crippen LogP contribution in [-0.2, 0) is 4.79 Å². The lowest BCUT2D eigenvalue weighted by molar-refractivity contribution is -0.112. The summed E-state index contributed by atoms with van der Waals surface area (Å²) in [7, 11) is 0. The van der Waals surface area contributed by atoms with Crippen molar-refractivity contribution >= 4 is 17.3 Å². The molecule has 2 heterocycles. The molecule has 6 heteroatoms. The molecule has 0 aliphatic carbocycles. The van der Waals surface area contributed by atoms with Crippen molar-refractivity contribution < 1.29 is 4.79 Å². The van der Waals surface area contributed by atoms with Crippen LogP contribution >= 0.6 is 0 Å². The Balaban J connectivity index is 2.48. The molecule has 0 spiro atoms. The number of carbonyl (C=O) groups excluding carboxylic acids is 1. The average molecular weight is 213 g/mol. The van der Waals surface area contributed by atoms with Crippen LogP contribution in [0.3, 0.4) is 0 Å². The minimum atomic E-state index is -0.326. The topological polar surface area (TPSA) is 86.2 Å². The van der Waals surface area contributed by atoms with E-state index in [9.17, 15) is 4.79 Å². The highest BCUT2D eigenvalue weighted by Crippen LogP contribution is 2.05. The smallest absolute Gasteiger partial charge is 0.295 e. The lowest BCUT2D eigenvalue weighted by Crippen LogP contribution is -2.28. The summed E-state index contributed by atoms with van der Waals surface area (Å²) >= 11 is 0. The first-order valence-electron chi connectivity index (χ1n) is 4.64. The summed E-state index contributed by atoms with van der Waals surface area (Å²) in [5, 5.41) is 8.56. The predicted octanol–water partition coefficient (Wildman–Crippen LogP) is -1.32. The summed E-state index contributed by atoms with van der Waals surface area (Å²) in [6.45, 7) is 0. The molecule has 0 bridgehead atoms. The van der Waals surface area contributed by atoms with E-state index in [0.29, 0.717) is 22.0 Å². The molecule has 1 amide bonds. The van der Waals surface area contributed by atoms with E-state index < -0.39 is 0 Å². The van der Waals surface area contributed by atoms with Crippen molar-refractivity contribution in [1.29, 1.82) is 0 Å². The third-order valence-corrected chi connectivity index (χ3v) is 2.41. The maximum absolute atomic E-state index is 11.7. The molecule has 0 radical (unpaired) electrons. The van der Waals surface area contributed by atoms with Crippen LogP contribution in [0.15, 0.2) is 35.8 Å². The molecule has 0 unspecified atom stereocenters. The molecular weight excluding hydrogens is 206 g/mol. The number of amides is 1. The highest BCUT2D eigenvalue weighted by Gasteiger charge is 2.19. The Morgan fingerprint density at radius 1 is 1.19 bits per heavy atom. The van der Waals surface area contributed by atoms with E-state index in [4.69, 9.17) is 5.73 Å². The third kappa shape index (κ3) is 1.07. The lowest BCUT2D eigenvalue weighted by Gasteiger charge is -1.99. The zero-order valence-corrected chi connectivity index (χ0v) is 8.16. The third-order valence-electron chi connectivity index (χ3n) is 2.41. The van der Waals surface area contributed by atoms with Gasteiger partial charge in [-0.3, -0.25) is 9.36 Å². The van der Waals surface area contributed by atoms with E-state index in [1.807, 2.05) is 0 Å². The molecule has 1 aromatic carbocycles. The van der Waals surface area contributed by atoms with Crippen molar-refractivity contribution in [2.24, 2.45) is 4.99 Å². The Kier molecular flexibility index (Phi) is 1.64. The van der Waals surface area contributed by atoms with Crippen molar-refractivity contribution in [3.8, 4) is 0 Å². The summed E-state index contributed by atoms with van der Waals surface area (Å²) in [6.07, 6.45) is 2.90. The molecule has 1 aromatic heterocycles. The maximum atomic E-state index is 11.7. The lowest BCUT2D eigenvalue weighted by atomic mass is 10.2. The van der Waals surface area contributed by atoms with Crippen molar-refractivity contribution in [3.05, 3.63) is 41.4 Å².